The number of benzene rings is 2. The number of nitrogens with one attached hydrogen (secondary N) is 2. The molecule has 2 N–H and O–H groups in total. The van der Waals surface area contributed by atoms with Gasteiger partial charge in [-0.3, -0.25) is 4.79 Å². The molecule has 2 rings (SSSR count). The summed E-state index contributed by atoms with van der Waals surface area (Å²) in [4.78, 5) is 13.3. The lowest BCUT2D eigenvalue weighted by molar-refractivity contribution is -0.128. The summed E-state index contributed by atoms with van der Waals surface area (Å²) >= 11 is 5.32. The second-order valence-electron chi connectivity index (χ2n) is 5.43. The third-order valence-electron chi connectivity index (χ3n) is 3.34. The van der Waals surface area contributed by atoms with Crippen molar-refractivity contribution in [1.82, 2.24) is 4.90 Å². The molecule has 4 nitrogen and oxygen atoms in total. The second kappa shape index (κ2) is 8.29. The van der Waals surface area contributed by atoms with Crippen LogP contribution < -0.4 is 10.6 Å². The highest BCUT2D eigenvalue weighted by Crippen LogP contribution is 2.14. The van der Waals surface area contributed by atoms with E-state index in [0.717, 1.165) is 16.9 Å². The summed E-state index contributed by atoms with van der Waals surface area (Å²) in [5.74, 6) is 0.129. The van der Waals surface area contributed by atoms with Gasteiger partial charge in [0.25, 0.3) is 0 Å². The van der Waals surface area contributed by atoms with Crippen LogP contribution in [0.1, 0.15) is 12.0 Å². The van der Waals surface area contributed by atoms with Crippen molar-refractivity contribution in [3.05, 3.63) is 60.2 Å². The first kappa shape index (κ1) is 17.0. The van der Waals surface area contributed by atoms with Crippen LogP contribution in [0.15, 0.2) is 54.6 Å². The lowest BCUT2D eigenvalue weighted by Gasteiger charge is -2.12. The van der Waals surface area contributed by atoms with E-state index in [2.05, 4.69) is 10.6 Å². The Morgan fingerprint density at radius 3 is 2.35 bits per heavy atom. The zero-order chi connectivity index (χ0) is 16.7. The van der Waals surface area contributed by atoms with E-state index in [-0.39, 0.29) is 5.91 Å². The van der Waals surface area contributed by atoms with Gasteiger partial charge in [-0.15, -0.1) is 0 Å². The molecule has 0 aliphatic heterocycles. The van der Waals surface area contributed by atoms with Crippen LogP contribution in [-0.4, -0.2) is 30.0 Å². The first-order chi connectivity index (χ1) is 11.0. The Morgan fingerprint density at radius 1 is 1.00 bits per heavy atom. The zero-order valence-electron chi connectivity index (χ0n) is 13.4. The number of thiocarbonyl (C=S) groups is 1. The Hall–Kier alpha value is -2.40. The van der Waals surface area contributed by atoms with E-state index in [4.69, 9.17) is 12.2 Å². The maximum Gasteiger partial charge on any atom is 0.222 e. The molecule has 0 radical (unpaired) electrons. The third-order valence-corrected chi connectivity index (χ3v) is 3.55. The molecule has 0 bridgehead atoms. The molecule has 5 heteroatoms. The van der Waals surface area contributed by atoms with Gasteiger partial charge in [0.2, 0.25) is 5.91 Å². The molecule has 0 atom stereocenters. The second-order valence-corrected chi connectivity index (χ2v) is 5.84. The molecule has 2 aromatic rings. The van der Waals surface area contributed by atoms with Crippen molar-refractivity contribution in [3.63, 3.8) is 0 Å². The molecule has 0 saturated carbocycles. The van der Waals surface area contributed by atoms with Crippen molar-refractivity contribution < 1.29 is 4.79 Å². The molecule has 0 heterocycles. The SMILES string of the molecule is CN(C)C(=O)CCc1cccc(NC(=S)Nc2ccccc2)c1. The topological polar surface area (TPSA) is 44.4 Å². The molecule has 120 valence electrons. The van der Waals surface area contributed by atoms with Gasteiger partial charge in [0, 0.05) is 31.9 Å². The van der Waals surface area contributed by atoms with Gasteiger partial charge >= 0.3 is 0 Å². The molecule has 2 aromatic carbocycles. The smallest absolute Gasteiger partial charge is 0.222 e. The summed E-state index contributed by atoms with van der Waals surface area (Å²) < 4.78 is 0. The highest BCUT2D eigenvalue weighted by Gasteiger charge is 2.05. The minimum atomic E-state index is 0.129. The lowest BCUT2D eigenvalue weighted by Crippen LogP contribution is -2.22. The van der Waals surface area contributed by atoms with Crippen LogP contribution >= 0.6 is 12.2 Å². The minimum absolute atomic E-state index is 0.129. The Balaban J connectivity index is 1.91. The average molecular weight is 327 g/mol. The first-order valence-electron chi connectivity index (χ1n) is 7.47. The van der Waals surface area contributed by atoms with Crippen molar-refractivity contribution in [2.75, 3.05) is 24.7 Å². The van der Waals surface area contributed by atoms with Crippen molar-refractivity contribution in [2.24, 2.45) is 0 Å². The average Bonchev–Trinajstić information content (AvgIpc) is 2.53. The van der Waals surface area contributed by atoms with Gasteiger partial charge in [0.1, 0.15) is 0 Å². The Labute approximate surface area is 142 Å². The van der Waals surface area contributed by atoms with Crippen molar-refractivity contribution in [3.8, 4) is 0 Å². The van der Waals surface area contributed by atoms with Crippen molar-refractivity contribution in [1.29, 1.82) is 0 Å². The number of anilines is 2. The molecular formula is C18H21N3OS. The van der Waals surface area contributed by atoms with Crippen LogP contribution in [-0.2, 0) is 11.2 Å². The van der Waals surface area contributed by atoms with Gasteiger partial charge in [0.05, 0.1) is 0 Å². The molecule has 0 fully saturated rings. The number of hydrogen-bond acceptors (Lipinski definition) is 2. The standard InChI is InChI=1S/C18H21N3OS/c1-21(2)17(22)12-11-14-7-6-10-16(13-14)20-18(23)19-15-8-4-3-5-9-15/h3-10,13H,11-12H2,1-2H3,(H2,19,20,23). The number of hydrogen-bond donors (Lipinski definition) is 2. The number of para-hydroxylation sites is 1. The van der Waals surface area contributed by atoms with E-state index in [1.165, 1.54) is 0 Å². The van der Waals surface area contributed by atoms with Gasteiger partial charge in [-0.05, 0) is 48.5 Å². The van der Waals surface area contributed by atoms with E-state index < -0.39 is 0 Å². The van der Waals surface area contributed by atoms with Gasteiger partial charge in [-0.1, -0.05) is 30.3 Å². The molecule has 0 aliphatic rings. The summed E-state index contributed by atoms with van der Waals surface area (Å²) in [6.45, 7) is 0. The van der Waals surface area contributed by atoms with E-state index in [0.29, 0.717) is 18.0 Å². The highest BCUT2D eigenvalue weighted by atomic mass is 32.1. The van der Waals surface area contributed by atoms with E-state index >= 15 is 0 Å². The number of aryl methyl sites for hydroxylation is 1. The van der Waals surface area contributed by atoms with Gasteiger partial charge in [-0.2, -0.15) is 0 Å². The number of carbonyl (C=O) groups excluding carboxylic acids is 1. The molecule has 0 saturated heterocycles. The zero-order valence-corrected chi connectivity index (χ0v) is 14.2. The van der Waals surface area contributed by atoms with Gasteiger partial charge in [-0.25, -0.2) is 0 Å². The number of nitrogens with zero attached hydrogens (tertiary/aromatic N) is 1. The molecule has 1 amide bonds. The quantitative estimate of drug-likeness (QED) is 0.825. The van der Waals surface area contributed by atoms with Crippen LogP contribution in [0.4, 0.5) is 11.4 Å². The fourth-order valence-corrected chi connectivity index (χ4v) is 2.33. The summed E-state index contributed by atoms with van der Waals surface area (Å²) in [6, 6.07) is 17.7. The van der Waals surface area contributed by atoms with Crippen LogP contribution in [0.2, 0.25) is 0 Å². The van der Waals surface area contributed by atoms with Crippen molar-refractivity contribution >= 4 is 34.6 Å². The predicted molar refractivity (Wildman–Crippen MR) is 99.7 cm³/mol. The number of rotatable bonds is 5. The minimum Gasteiger partial charge on any atom is -0.349 e. The van der Waals surface area contributed by atoms with Crippen LogP contribution in [0.5, 0.6) is 0 Å². The van der Waals surface area contributed by atoms with E-state index in [1.54, 1.807) is 19.0 Å². The summed E-state index contributed by atoms with van der Waals surface area (Å²) in [5, 5.41) is 6.84. The molecule has 0 aliphatic carbocycles. The molecule has 0 spiro atoms. The monoisotopic (exact) mass is 327 g/mol. The van der Waals surface area contributed by atoms with E-state index in [9.17, 15) is 4.79 Å². The van der Waals surface area contributed by atoms with Crippen LogP contribution in [0.3, 0.4) is 0 Å². The fraction of sp³-hybridized carbons (Fsp3) is 0.222. The highest BCUT2D eigenvalue weighted by molar-refractivity contribution is 7.80. The first-order valence-corrected chi connectivity index (χ1v) is 7.87. The number of amides is 1. The summed E-state index contributed by atoms with van der Waals surface area (Å²) in [5.41, 5.74) is 2.96. The Morgan fingerprint density at radius 2 is 1.65 bits per heavy atom. The third kappa shape index (κ3) is 5.71. The van der Waals surface area contributed by atoms with Crippen molar-refractivity contribution in [2.45, 2.75) is 12.8 Å². The maximum atomic E-state index is 11.7. The molecular weight excluding hydrogens is 306 g/mol. The van der Waals surface area contributed by atoms with Crippen LogP contribution in [0, 0.1) is 0 Å². The predicted octanol–water partition coefficient (Wildman–Crippen LogP) is 3.52. The summed E-state index contributed by atoms with van der Waals surface area (Å²) in [6.07, 6.45) is 1.22. The fourth-order valence-electron chi connectivity index (χ4n) is 2.09. The lowest BCUT2D eigenvalue weighted by atomic mass is 10.1. The molecule has 23 heavy (non-hydrogen) atoms. The Bertz CT molecular complexity index is 671. The Kier molecular flexibility index (Phi) is 6.11. The molecule has 0 unspecified atom stereocenters. The van der Waals surface area contributed by atoms with E-state index in [1.807, 2.05) is 54.6 Å². The van der Waals surface area contributed by atoms with Gasteiger partial charge in [0.15, 0.2) is 5.11 Å². The van der Waals surface area contributed by atoms with Gasteiger partial charge < -0.3 is 15.5 Å². The van der Waals surface area contributed by atoms with Crippen LogP contribution in [0.25, 0.3) is 0 Å². The molecule has 0 aromatic heterocycles. The largest absolute Gasteiger partial charge is 0.349 e. The summed E-state index contributed by atoms with van der Waals surface area (Å²) in [7, 11) is 3.54. The normalized spacial score (nSPS) is 10.0. The maximum absolute atomic E-state index is 11.7. The number of carbonyl (C=O) groups is 1.